The Hall–Kier alpha value is -5.08. The van der Waals surface area contributed by atoms with Gasteiger partial charge in [-0.3, -0.25) is 0 Å². The summed E-state index contributed by atoms with van der Waals surface area (Å²) in [6.07, 6.45) is 2.24. The predicted molar refractivity (Wildman–Crippen MR) is 198 cm³/mol. The van der Waals surface area contributed by atoms with Crippen LogP contribution in [0.15, 0.2) is 133 Å². The van der Waals surface area contributed by atoms with E-state index in [1.807, 2.05) is 0 Å². The van der Waals surface area contributed by atoms with Crippen LogP contribution < -0.4 is 0 Å². The van der Waals surface area contributed by atoms with Crippen molar-refractivity contribution >= 4 is 43.6 Å². The van der Waals surface area contributed by atoms with Crippen LogP contribution in [0.1, 0.15) is 62.8 Å². The van der Waals surface area contributed by atoms with Crippen molar-refractivity contribution in [2.45, 2.75) is 56.8 Å². The number of nitrogens with zero attached hydrogens (tertiary/aromatic N) is 2. The molecule has 0 unspecified atom stereocenters. The molecule has 0 radical (unpaired) electrons. The second-order valence-corrected chi connectivity index (χ2v) is 15.4. The van der Waals surface area contributed by atoms with Gasteiger partial charge in [-0.2, -0.15) is 0 Å². The number of hydrogen-bond acceptors (Lipinski definition) is 0. The molecule has 10 rings (SSSR count). The molecule has 2 aliphatic rings. The summed E-state index contributed by atoms with van der Waals surface area (Å²) in [5.41, 5.74) is 13.7. The van der Waals surface area contributed by atoms with Crippen LogP contribution in [0.2, 0.25) is 0 Å². The molecule has 2 heteroatoms. The molecule has 2 heterocycles. The Morgan fingerprint density at radius 3 is 1.04 bits per heavy atom. The summed E-state index contributed by atoms with van der Waals surface area (Å²) >= 11 is 0. The monoisotopic (exact) mass is 606 g/mol. The van der Waals surface area contributed by atoms with Gasteiger partial charge in [0.25, 0.3) is 0 Å². The maximum atomic E-state index is 2.51. The summed E-state index contributed by atoms with van der Waals surface area (Å²) in [6.45, 7) is 9.86. The van der Waals surface area contributed by atoms with E-state index < -0.39 is 0 Å². The van der Waals surface area contributed by atoms with E-state index in [4.69, 9.17) is 0 Å². The molecule has 0 amide bonds. The topological polar surface area (TPSA) is 9.86 Å². The van der Waals surface area contributed by atoms with Crippen LogP contribution in [-0.2, 0) is 16.2 Å². The van der Waals surface area contributed by atoms with Gasteiger partial charge in [0.2, 0.25) is 0 Å². The largest absolute Gasteiger partial charge is 0.309 e. The summed E-state index contributed by atoms with van der Waals surface area (Å²) in [4.78, 5) is 0. The van der Waals surface area contributed by atoms with Crippen molar-refractivity contribution < 1.29 is 0 Å². The second kappa shape index (κ2) is 9.04. The average Bonchev–Trinajstić information content (AvgIpc) is 3.74. The van der Waals surface area contributed by atoms with Crippen molar-refractivity contribution in [1.82, 2.24) is 9.13 Å². The van der Waals surface area contributed by atoms with E-state index in [-0.39, 0.29) is 16.2 Å². The molecule has 0 aliphatic heterocycles. The van der Waals surface area contributed by atoms with Crippen molar-refractivity contribution in [3.05, 3.63) is 156 Å². The van der Waals surface area contributed by atoms with Crippen LogP contribution in [0.4, 0.5) is 0 Å². The standard InChI is InChI=1S/C45H38N2/c1-43(2)27-45(35-23-21-29(25-37(35)43)46-39-17-9-5-13-31(39)32-14-6-10-18-40(32)46)28-44(3,4)38-26-30(22-24-36(38)45)47-41-19-11-7-15-33(41)34-16-8-12-20-42(34)47/h5-26H,27-28H2,1-4H3. The van der Waals surface area contributed by atoms with E-state index >= 15 is 0 Å². The Bertz CT molecular complexity index is 2300. The summed E-state index contributed by atoms with van der Waals surface area (Å²) in [5.74, 6) is 0. The number of para-hydroxylation sites is 4. The van der Waals surface area contributed by atoms with Gasteiger partial charge in [-0.05, 0) is 94.5 Å². The molecule has 2 aromatic heterocycles. The van der Waals surface area contributed by atoms with Crippen molar-refractivity contribution in [3.8, 4) is 11.4 Å². The van der Waals surface area contributed by atoms with Crippen molar-refractivity contribution in [1.29, 1.82) is 0 Å². The SMILES string of the molecule is CC1(C)CC2(CC(C)(C)c3cc(-n4c5ccccc5c5ccccc54)ccc32)c2ccc(-n3c4ccccc4c4ccccc43)cc21. The van der Waals surface area contributed by atoms with E-state index in [0.717, 1.165) is 12.8 Å². The minimum atomic E-state index is -0.00360. The first-order valence-corrected chi connectivity index (χ1v) is 17.0. The van der Waals surface area contributed by atoms with Crippen molar-refractivity contribution in [2.75, 3.05) is 0 Å². The van der Waals surface area contributed by atoms with E-state index in [9.17, 15) is 0 Å². The Morgan fingerprint density at radius 1 is 0.383 bits per heavy atom. The van der Waals surface area contributed by atoms with Crippen molar-refractivity contribution in [2.24, 2.45) is 0 Å². The number of benzene rings is 6. The highest BCUT2D eigenvalue weighted by Gasteiger charge is 2.56. The van der Waals surface area contributed by atoms with Gasteiger partial charge in [0.1, 0.15) is 0 Å². The zero-order chi connectivity index (χ0) is 31.7. The minimum absolute atomic E-state index is 0.00360. The fourth-order valence-corrected chi connectivity index (χ4v) is 9.99. The summed E-state index contributed by atoms with van der Waals surface area (Å²) in [6, 6.07) is 50.1. The molecule has 0 saturated carbocycles. The Kier molecular flexibility index (Phi) is 5.21. The lowest BCUT2D eigenvalue weighted by molar-refractivity contribution is 0.349. The van der Waals surface area contributed by atoms with Crippen LogP contribution in [0, 0.1) is 0 Å². The Morgan fingerprint density at radius 2 is 0.702 bits per heavy atom. The van der Waals surface area contributed by atoms with Crippen LogP contribution in [0.5, 0.6) is 0 Å². The molecule has 2 aliphatic carbocycles. The first-order valence-electron chi connectivity index (χ1n) is 17.0. The molecule has 8 aromatic rings. The quantitative estimate of drug-likeness (QED) is 0.185. The lowest BCUT2D eigenvalue weighted by atomic mass is 9.72. The maximum Gasteiger partial charge on any atom is 0.0541 e. The fraction of sp³-hybridized carbons (Fsp3) is 0.200. The summed E-state index contributed by atoms with van der Waals surface area (Å²) in [7, 11) is 0. The molecule has 1 spiro atoms. The lowest BCUT2D eigenvalue weighted by Crippen LogP contribution is -2.26. The predicted octanol–water partition coefficient (Wildman–Crippen LogP) is 11.5. The third-order valence-electron chi connectivity index (χ3n) is 11.7. The van der Waals surface area contributed by atoms with E-state index in [0.29, 0.717) is 0 Å². The van der Waals surface area contributed by atoms with Gasteiger partial charge in [0.05, 0.1) is 22.1 Å². The molecule has 0 fully saturated rings. The van der Waals surface area contributed by atoms with Crippen LogP contribution in [0.25, 0.3) is 55.0 Å². The molecule has 0 N–H and O–H groups in total. The Balaban J connectivity index is 1.16. The van der Waals surface area contributed by atoms with E-state index in [1.54, 1.807) is 0 Å². The number of aromatic nitrogens is 2. The highest BCUT2D eigenvalue weighted by Crippen LogP contribution is 2.63. The lowest BCUT2D eigenvalue weighted by Gasteiger charge is -2.30. The van der Waals surface area contributed by atoms with Gasteiger partial charge in [-0.1, -0.05) is 113 Å². The molecule has 0 bridgehead atoms. The van der Waals surface area contributed by atoms with Crippen molar-refractivity contribution in [3.63, 3.8) is 0 Å². The smallest absolute Gasteiger partial charge is 0.0541 e. The fourth-order valence-electron chi connectivity index (χ4n) is 9.99. The van der Waals surface area contributed by atoms with Crippen LogP contribution >= 0.6 is 0 Å². The minimum Gasteiger partial charge on any atom is -0.309 e. The molecule has 228 valence electrons. The number of rotatable bonds is 2. The highest BCUT2D eigenvalue weighted by atomic mass is 15.0. The molecule has 0 saturated heterocycles. The first-order chi connectivity index (χ1) is 22.8. The number of fused-ring (bicyclic) bond motifs is 10. The highest BCUT2D eigenvalue weighted by molar-refractivity contribution is 6.10. The summed E-state index contributed by atoms with van der Waals surface area (Å²) < 4.78 is 4.94. The molecule has 0 atom stereocenters. The van der Waals surface area contributed by atoms with E-state index in [1.165, 1.54) is 77.2 Å². The third kappa shape index (κ3) is 3.51. The van der Waals surface area contributed by atoms with Gasteiger partial charge < -0.3 is 9.13 Å². The van der Waals surface area contributed by atoms with Gasteiger partial charge in [0, 0.05) is 38.3 Å². The van der Waals surface area contributed by atoms with E-state index in [2.05, 4.69) is 170 Å². The molecular formula is C45H38N2. The zero-order valence-electron chi connectivity index (χ0n) is 27.5. The van der Waals surface area contributed by atoms with Gasteiger partial charge in [-0.25, -0.2) is 0 Å². The zero-order valence-corrected chi connectivity index (χ0v) is 27.5. The van der Waals surface area contributed by atoms with Gasteiger partial charge >= 0.3 is 0 Å². The second-order valence-electron chi connectivity index (χ2n) is 15.4. The third-order valence-corrected chi connectivity index (χ3v) is 11.7. The van der Waals surface area contributed by atoms with Gasteiger partial charge in [0.15, 0.2) is 0 Å². The first kappa shape index (κ1) is 27.1. The van der Waals surface area contributed by atoms with Crippen LogP contribution in [0.3, 0.4) is 0 Å². The average molecular weight is 607 g/mol. The normalized spacial score (nSPS) is 17.3. The Labute approximate surface area is 275 Å². The molecule has 2 nitrogen and oxygen atoms in total. The number of hydrogen-bond donors (Lipinski definition) is 0. The van der Waals surface area contributed by atoms with Gasteiger partial charge in [-0.15, -0.1) is 0 Å². The summed E-state index contributed by atoms with van der Waals surface area (Å²) in [5, 5.41) is 5.24. The molecule has 6 aromatic carbocycles. The maximum absolute atomic E-state index is 2.51. The molecular weight excluding hydrogens is 569 g/mol. The van der Waals surface area contributed by atoms with Crippen LogP contribution in [-0.4, -0.2) is 9.13 Å². The molecule has 47 heavy (non-hydrogen) atoms.